The zero-order valence-electron chi connectivity index (χ0n) is 9.77. The van der Waals surface area contributed by atoms with Gasteiger partial charge < -0.3 is 0 Å². The van der Waals surface area contributed by atoms with Gasteiger partial charge in [-0.3, -0.25) is 16.3 Å². The Hall–Kier alpha value is -0.930. The number of nitrogens with one attached hydrogen (secondary N) is 1. The van der Waals surface area contributed by atoms with Gasteiger partial charge in [0, 0.05) is 18.4 Å². The number of rotatable bonds is 5. The molecule has 84 valence electrons. The van der Waals surface area contributed by atoms with Gasteiger partial charge in [-0.15, -0.1) is 0 Å². The molecule has 0 fully saturated rings. The van der Waals surface area contributed by atoms with Crippen LogP contribution in [0.15, 0.2) is 24.5 Å². The van der Waals surface area contributed by atoms with Gasteiger partial charge in [0.15, 0.2) is 0 Å². The molecule has 0 aliphatic carbocycles. The molecule has 0 aliphatic rings. The Bertz CT molecular complexity index is 271. The third-order valence-corrected chi connectivity index (χ3v) is 3.08. The Morgan fingerprint density at radius 3 is 2.60 bits per heavy atom. The van der Waals surface area contributed by atoms with E-state index in [-0.39, 0.29) is 0 Å². The first-order chi connectivity index (χ1) is 7.15. The summed E-state index contributed by atoms with van der Waals surface area (Å²) in [4.78, 5) is 4.11. The molecule has 0 saturated heterocycles. The molecular formula is C12H21N3. The van der Waals surface area contributed by atoms with E-state index < -0.39 is 0 Å². The van der Waals surface area contributed by atoms with Gasteiger partial charge in [0.25, 0.3) is 0 Å². The Kier molecular flexibility index (Phi) is 4.72. The maximum Gasteiger partial charge on any atom is 0.0300 e. The van der Waals surface area contributed by atoms with Crippen LogP contribution in [0.5, 0.6) is 0 Å². The Morgan fingerprint density at radius 1 is 1.40 bits per heavy atom. The zero-order valence-corrected chi connectivity index (χ0v) is 9.77. The van der Waals surface area contributed by atoms with Gasteiger partial charge in [0.05, 0.1) is 0 Å². The minimum Gasteiger partial charge on any atom is -0.271 e. The number of hydrogen-bond acceptors (Lipinski definition) is 3. The minimum absolute atomic E-state index is 0.314. The lowest BCUT2D eigenvalue weighted by Crippen LogP contribution is -2.43. The normalized spacial score (nSPS) is 15.3. The maximum absolute atomic E-state index is 5.59. The van der Waals surface area contributed by atoms with E-state index in [0.717, 1.165) is 6.42 Å². The van der Waals surface area contributed by atoms with Crippen molar-refractivity contribution >= 4 is 0 Å². The van der Waals surface area contributed by atoms with Crippen molar-refractivity contribution in [3.05, 3.63) is 30.1 Å². The van der Waals surface area contributed by atoms with Gasteiger partial charge in [-0.05, 0) is 29.9 Å². The van der Waals surface area contributed by atoms with E-state index in [0.29, 0.717) is 17.9 Å². The number of hydrogen-bond donors (Lipinski definition) is 2. The second-order valence-corrected chi connectivity index (χ2v) is 4.44. The number of hydrazine groups is 1. The highest BCUT2D eigenvalue weighted by molar-refractivity contribution is 5.10. The molecule has 0 radical (unpaired) electrons. The fourth-order valence-electron chi connectivity index (χ4n) is 1.63. The summed E-state index contributed by atoms with van der Waals surface area (Å²) in [5, 5.41) is 0. The van der Waals surface area contributed by atoms with E-state index in [1.54, 1.807) is 6.20 Å². The van der Waals surface area contributed by atoms with Crippen molar-refractivity contribution in [1.82, 2.24) is 10.4 Å². The summed E-state index contributed by atoms with van der Waals surface area (Å²) in [5.74, 6) is 6.77. The fourth-order valence-corrected chi connectivity index (χ4v) is 1.63. The largest absolute Gasteiger partial charge is 0.271 e. The summed E-state index contributed by atoms with van der Waals surface area (Å²) in [6.07, 6.45) is 4.63. The average molecular weight is 207 g/mol. The van der Waals surface area contributed by atoms with E-state index in [1.807, 2.05) is 12.3 Å². The summed E-state index contributed by atoms with van der Waals surface area (Å²) in [6, 6.07) is 4.36. The zero-order chi connectivity index (χ0) is 11.3. The number of aromatic nitrogens is 1. The van der Waals surface area contributed by atoms with E-state index >= 15 is 0 Å². The highest BCUT2D eigenvalue weighted by Gasteiger charge is 2.19. The molecule has 15 heavy (non-hydrogen) atoms. The van der Waals surface area contributed by atoms with Crippen LogP contribution in [0.1, 0.15) is 26.3 Å². The highest BCUT2D eigenvalue weighted by Crippen LogP contribution is 2.17. The molecule has 0 bridgehead atoms. The lowest BCUT2D eigenvalue weighted by Gasteiger charge is -2.26. The van der Waals surface area contributed by atoms with Crippen LogP contribution in [0.2, 0.25) is 0 Å². The van der Waals surface area contributed by atoms with Crippen LogP contribution in [0, 0.1) is 11.8 Å². The first kappa shape index (κ1) is 12.1. The number of nitrogens with zero attached hydrogens (tertiary/aromatic N) is 1. The van der Waals surface area contributed by atoms with Crippen molar-refractivity contribution in [3.63, 3.8) is 0 Å². The third kappa shape index (κ3) is 3.61. The summed E-state index contributed by atoms with van der Waals surface area (Å²) >= 11 is 0. The molecule has 0 amide bonds. The van der Waals surface area contributed by atoms with E-state index in [9.17, 15) is 0 Å². The standard InChI is InChI=1S/C12H21N3/c1-9(2)10(3)12(15-13)7-11-5-4-6-14-8-11/h4-6,8-10,12,15H,7,13H2,1-3H3. The molecule has 1 aromatic heterocycles. The van der Waals surface area contributed by atoms with E-state index in [1.165, 1.54) is 5.56 Å². The first-order valence-corrected chi connectivity index (χ1v) is 5.50. The van der Waals surface area contributed by atoms with Crippen LogP contribution in [0.25, 0.3) is 0 Å². The van der Waals surface area contributed by atoms with Crippen LogP contribution >= 0.6 is 0 Å². The number of pyridine rings is 1. The first-order valence-electron chi connectivity index (χ1n) is 5.50. The van der Waals surface area contributed by atoms with Crippen LogP contribution < -0.4 is 11.3 Å². The third-order valence-electron chi connectivity index (χ3n) is 3.08. The summed E-state index contributed by atoms with van der Waals surface area (Å²) in [5.41, 5.74) is 4.13. The minimum atomic E-state index is 0.314. The van der Waals surface area contributed by atoms with E-state index in [2.05, 4.69) is 37.2 Å². The quantitative estimate of drug-likeness (QED) is 0.571. The van der Waals surface area contributed by atoms with Crippen molar-refractivity contribution < 1.29 is 0 Å². The molecule has 0 aromatic carbocycles. The Labute approximate surface area is 92.1 Å². The summed E-state index contributed by atoms with van der Waals surface area (Å²) in [6.45, 7) is 6.67. The van der Waals surface area contributed by atoms with Crippen LogP contribution in [-0.4, -0.2) is 11.0 Å². The molecule has 2 atom stereocenters. The predicted molar refractivity (Wildman–Crippen MR) is 63.1 cm³/mol. The molecule has 1 heterocycles. The van der Waals surface area contributed by atoms with Gasteiger partial charge in [-0.2, -0.15) is 0 Å². The molecule has 0 aliphatic heterocycles. The molecular weight excluding hydrogens is 186 g/mol. The van der Waals surface area contributed by atoms with Crippen LogP contribution in [-0.2, 0) is 6.42 Å². The lowest BCUT2D eigenvalue weighted by molar-refractivity contribution is 0.299. The maximum atomic E-state index is 5.59. The number of nitrogens with two attached hydrogens (primary N) is 1. The van der Waals surface area contributed by atoms with Crippen LogP contribution in [0.3, 0.4) is 0 Å². The monoisotopic (exact) mass is 207 g/mol. The predicted octanol–water partition coefficient (Wildman–Crippen LogP) is 1.75. The highest BCUT2D eigenvalue weighted by atomic mass is 15.2. The fraction of sp³-hybridized carbons (Fsp3) is 0.583. The lowest BCUT2D eigenvalue weighted by atomic mass is 9.87. The van der Waals surface area contributed by atoms with Crippen molar-refractivity contribution in [1.29, 1.82) is 0 Å². The summed E-state index contributed by atoms with van der Waals surface area (Å²) < 4.78 is 0. The Morgan fingerprint density at radius 2 is 2.13 bits per heavy atom. The molecule has 1 rings (SSSR count). The van der Waals surface area contributed by atoms with Gasteiger partial charge in [-0.1, -0.05) is 26.8 Å². The van der Waals surface area contributed by atoms with Gasteiger partial charge in [-0.25, -0.2) is 0 Å². The molecule has 0 saturated carbocycles. The van der Waals surface area contributed by atoms with Gasteiger partial charge in [0.2, 0.25) is 0 Å². The molecule has 3 nitrogen and oxygen atoms in total. The van der Waals surface area contributed by atoms with Crippen LogP contribution in [0.4, 0.5) is 0 Å². The van der Waals surface area contributed by atoms with Gasteiger partial charge in [0.1, 0.15) is 0 Å². The van der Waals surface area contributed by atoms with E-state index in [4.69, 9.17) is 5.84 Å². The molecule has 2 unspecified atom stereocenters. The molecule has 3 heteroatoms. The second-order valence-electron chi connectivity index (χ2n) is 4.44. The van der Waals surface area contributed by atoms with Gasteiger partial charge >= 0.3 is 0 Å². The van der Waals surface area contributed by atoms with Crippen molar-refractivity contribution in [3.8, 4) is 0 Å². The molecule has 1 aromatic rings. The Balaban J connectivity index is 2.62. The smallest absolute Gasteiger partial charge is 0.0300 e. The molecule has 3 N–H and O–H groups in total. The SMILES string of the molecule is CC(C)C(C)C(Cc1cccnc1)NN. The van der Waals surface area contributed by atoms with Crippen molar-refractivity contribution in [2.45, 2.75) is 33.2 Å². The van der Waals surface area contributed by atoms with Crippen molar-refractivity contribution in [2.75, 3.05) is 0 Å². The summed E-state index contributed by atoms with van der Waals surface area (Å²) in [7, 11) is 0. The topological polar surface area (TPSA) is 50.9 Å². The second kappa shape index (κ2) is 5.83. The molecule has 0 spiro atoms. The average Bonchev–Trinajstić information content (AvgIpc) is 2.26. The van der Waals surface area contributed by atoms with Crippen molar-refractivity contribution in [2.24, 2.45) is 17.7 Å².